The fourth-order valence-corrected chi connectivity index (χ4v) is 0.826. The number of primary amides is 1. The Morgan fingerprint density at radius 2 is 1.81 bits per heavy atom. The molecule has 4 amide bonds. The number of hydrogen-bond donors (Lipinski definition) is 4. The van der Waals surface area contributed by atoms with Crippen molar-refractivity contribution in [3.63, 3.8) is 0 Å². The maximum Gasteiger partial charge on any atom is 0.318 e. The molecule has 0 aliphatic carbocycles. The summed E-state index contributed by atoms with van der Waals surface area (Å²) in [6, 6.07) is -0.920. The summed E-state index contributed by atoms with van der Waals surface area (Å²) in [5, 5.41) is 6.95. The van der Waals surface area contributed by atoms with E-state index in [1.54, 1.807) is 0 Å². The highest BCUT2D eigenvalue weighted by Gasteiger charge is 2.05. The minimum absolute atomic E-state index is 0.0180. The van der Waals surface area contributed by atoms with Crippen LogP contribution in [0, 0.1) is 0 Å². The summed E-state index contributed by atoms with van der Waals surface area (Å²) in [4.78, 5) is 32.2. The van der Waals surface area contributed by atoms with Gasteiger partial charge >= 0.3 is 6.03 Å². The lowest BCUT2D eigenvalue weighted by molar-refractivity contribution is -0.121. The summed E-state index contributed by atoms with van der Waals surface area (Å²) in [6.07, 6.45) is 0. The van der Waals surface area contributed by atoms with Crippen LogP contribution in [0.4, 0.5) is 4.79 Å². The Balaban J connectivity index is 3.46. The van der Waals surface area contributed by atoms with Crippen LogP contribution in [0.2, 0.25) is 0 Å². The van der Waals surface area contributed by atoms with Crippen LogP contribution in [0.3, 0.4) is 0 Å². The molecule has 0 bridgehead atoms. The molecule has 0 aromatic heterocycles. The van der Waals surface area contributed by atoms with Crippen molar-refractivity contribution in [1.82, 2.24) is 16.0 Å². The van der Waals surface area contributed by atoms with Gasteiger partial charge in [0.1, 0.15) is 0 Å². The van der Waals surface area contributed by atoms with Crippen molar-refractivity contribution in [2.75, 3.05) is 33.4 Å². The molecule has 0 spiro atoms. The van der Waals surface area contributed by atoms with Crippen LogP contribution < -0.4 is 21.7 Å². The average Bonchev–Trinajstić information content (AvgIpc) is 2.17. The topological polar surface area (TPSA) is 123 Å². The molecule has 92 valence electrons. The third-order valence-electron chi connectivity index (χ3n) is 1.46. The minimum Gasteiger partial charge on any atom is -0.383 e. The van der Waals surface area contributed by atoms with Crippen LogP contribution in [0.15, 0.2) is 0 Å². The molecule has 0 heterocycles. The van der Waals surface area contributed by atoms with Gasteiger partial charge < -0.3 is 15.8 Å². The summed E-state index contributed by atoms with van der Waals surface area (Å²) in [6.45, 7) is 0.662. The number of nitrogens with two attached hydrogens (primary N) is 1. The number of urea groups is 1. The smallest absolute Gasteiger partial charge is 0.318 e. The minimum atomic E-state index is -0.920. The van der Waals surface area contributed by atoms with Gasteiger partial charge in [-0.3, -0.25) is 20.2 Å². The molecular weight excluding hydrogens is 216 g/mol. The molecule has 16 heavy (non-hydrogen) atoms. The van der Waals surface area contributed by atoms with Gasteiger partial charge in [-0.25, -0.2) is 4.79 Å². The molecule has 0 saturated heterocycles. The third kappa shape index (κ3) is 8.91. The maximum atomic E-state index is 11.1. The molecule has 0 rings (SSSR count). The molecule has 0 aliphatic rings. The largest absolute Gasteiger partial charge is 0.383 e. The zero-order valence-corrected chi connectivity index (χ0v) is 9.04. The molecule has 8 heteroatoms. The van der Waals surface area contributed by atoms with E-state index in [4.69, 9.17) is 10.5 Å². The average molecular weight is 232 g/mol. The summed E-state index contributed by atoms with van der Waals surface area (Å²) < 4.78 is 4.73. The van der Waals surface area contributed by atoms with Gasteiger partial charge in [-0.05, 0) is 0 Å². The second-order valence-electron chi connectivity index (χ2n) is 2.86. The summed E-state index contributed by atoms with van der Waals surface area (Å²) in [7, 11) is 1.53. The first kappa shape index (κ1) is 14.3. The molecule has 0 radical (unpaired) electrons. The highest BCUT2D eigenvalue weighted by molar-refractivity contribution is 5.94. The van der Waals surface area contributed by atoms with Crippen molar-refractivity contribution in [2.45, 2.75) is 0 Å². The van der Waals surface area contributed by atoms with Gasteiger partial charge in [0.05, 0.1) is 19.7 Å². The van der Waals surface area contributed by atoms with E-state index in [1.165, 1.54) is 7.11 Å². The van der Waals surface area contributed by atoms with Gasteiger partial charge in [-0.15, -0.1) is 0 Å². The van der Waals surface area contributed by atoms with Gasteiger partial charge in [0.2, 0.25) is 11.8 Å². The Morgan fingerprint density at radius 1 is 1.19 bits per heavy atom. The monoisotopic (exact) mass is 232 g/mol. The number of nitrogens with one attached hydrogen (secondary N) is 3. The Morgan fingerprint density at radius 3 is 2.38 bits per heavy atom. The van der Waals surface area contributed by atoms with E-state index in [0.29, 0.717) is 13.2 Å². The Kier molecular flexibility index (Phi) is 7.72. The zero-order chi connectivity index (χ0) is 12.4. The number of methoxy groups -OCH3 is 1. The molecular formula is C8H16N4O4. The fourth-order valence-electron chi connectivity index (χ4n) is 0.826. The molecule has 0 saturated carbocycles. The predicted molar refractivity (Wildman–Crippen MR) is 55.5 cm³/mol. The van der Waals surface area contributed by atoms with Crippen LogP contribution in [-0.4, -0.2) is 51.2 Å². The van der Waals surface area contributed by atoms with Gasteiger partial charge in [0.15, 0.2) is 0 Å². The number of carbonyl (C=O) groups excluding carboxylic acids is 3. The molecule has 0 fully saturated rings. The summed E-state index contributed by atoms with van der Waals surface area (Å²) >= 11 is 0. The van der Waals surface area contributed by atoms with Crippen molar-refractivity contribution in [2.24, 2.45) is 5.73 Å². The summed E-state index contributed by atoms with van der Waals surface area (Å²) in [5.74, 6) is -0.846. The fraction of sp³-hybridized carbons (Fsp3) is 0.625. The van der Waals surface area contributed by atoms with Crippen LogP contribution in [0.5, 0.6) is 0 Å². The molecule has 0 atom stereocenters. The van der Waals surface area contributed by atoms with E-state index in [2.05, 4.69) is 10.6 Å². The van der Waals surface area contributed by atoms with Crippen molar-refractivity contribution in [1.29, 1.82) is 0 Å². The van der Waals surface area contributed by atoms with E-state index < -0.39 is 11.9 Å². The van der Waals surface area contributed by atoms with Gasteiger partial charge in [0, 0.05) is 13.7 Å². The van der Waals surface area contributed by atoms with Crippen molar-refractivity contribution >= 4 is 17.8 Å². The van der Waals surface area contributed by atoms with Gasteiger partial charge in [0.25, 0.3) is 0 Å². The first-order valence-electron chi connectivity index (χ1n) is 4.62. The second-order valence-corrected chi connectivity index (χ2v) is 2.86. The number of hydrogen-bond acceptors (Lipinski definition) is 5. The summed E-state index contributed by atoms with van der Waals surface area (Å²) in [5.41, 5.74) is 4.71. The highest BCUT2D eigenvalue weighted by Crippen LogP contribution is 1.69. The number of ether oxygens (including phenoxy) is 1. The zero-order valence-electron chi connectivity index (χ0n) is 9.04. The quantitative estimate of drug-likeness (QED) is 0.362. The lowest BCUT2D eigenvalue weighted by Gasteiger charge is -2.05. The highest BCUT2D eigenvalue weighted by atomic mass is 16.5. The standard InChI is InChI=1S/C8H16N4O4/c1-16-3-2-11-6(13)4-10-5-7(14)12-8(9)15/h10H,2-5H2,1H3,(H,11,13)(H3,9,12,14,15). The van der Waals surface area contributed by atoms with E-state index in [-0.39, 0.29) is 19.0 Å². The van der Waals surface area contributed by atoms with Crippen LogP contribution >= 0.6 is 0 Å². The lowest BCUT2D eigenvalue weighted by Crippen LogP contribution is -2.43. The van der Waals surface area contributed by atoms with Gasteiger partial charge in [-0.2, -0.15) is 0 Å². The molecule has 0 aromatic rings. The van der Waals surface area contributed by atoms with E-state index in [9.17, 15) is 14.4 Å². The molecule has 0 aliphatic heterocycles. The normalized spacial score (nSPS) is 9.56. The third-order valence-corrected chi connectivity index (χ3v) is 1.46. The maximum absolute atomic E-state index is 11.1. The number of amides is 4. The Bertz CT molecular complexity index is 256. The lowest BCUT2D eigenvalue weighted by atomic mass is 10.5. The van der Waals surface area contributed by atoms with Crippen LogP contribution in [0.1, 0.15) is 0 Å². The van der Waals surface area contributed by atoms with E-state index in [1.807, 2.05) is 5.32 Å². The number of carbonyl (C=O) groups is 3. The van der Waals surface area contributed by atoms with E-state index in [0.717, 1.165) is 0 Å². The van der Waals surface area contributed by atoms with Crippen molar-refractivity contribution < 1.29 is 19.1 Å². The van der Waals surface area contributed by atoms with Gasteiger partial charge in [-0.1, -0.05) is 0 Å². The second kappa shape index (κ2) is 8.62. The van der Waals surface area contributed by atoms with Crippen molar-refractivity contribution in [3.8, 4) is 0 Å². The van der Waals surface area contributed by atoms with Crippen molar-refractivity contribution in [3.05, 3.63) is 0 Å². The molecule has 5 N–H and O–H groups in total. The number of imide groups is 1. The molecule has 8 nitrogen and oxygen atoms in total. The van der Waals surface area contributed by atoms with Crippen LogP contribution in [-0.2, 0) is 14.3 Å². The Labute approximate surface area is 92.9 Å². The SMILES string of the molecule is COCCNC(=O)CNCC(=O)NC(N)=O. The first-order chi connectivity index (χ1) is 7.56. The molecule has 0 aromatic carbocycles. The predicted octanol–water partition coefficient (Wildman–Crippen LogP) is -2.47. The first-order valence-corrected chi connectivity index (χ1v) is 4.62. The van der Waals surface area contributed by atoms with Crippen LogP contribution in [0.25, 0.3) is 0 Å². The Hall–Kier alpha value is -1.67. The van der Waals surface area contributed by atoms with E-state index >= 15 is 0 Å². The number of rotatable bonds is 7. The molecule has 0 unspecified atom stereocenters.